The van der Waals surface area contributed by atoms with Gasteiger partial charge >= 0.3 is 0 Å². The number of amides is 2. The lowest BCUT2D eigenvalue weighted by atomic mass is 10.1. The van der Waals surface area contributed by atoms with E-state index >= 15 is 0 Å². The summed E-state index contributed by atoms with van der Waals surface area (Å²) in [7, 11) is 0. The smallest absolute Gasteiger partial charge is 0.253 e. The first kappa shape index (κ1) is 19.5. The standard InChI is InChI=1S/C20H33N3O2/c1-5-7-11-19(24)22-12-9-8-10-17(14-22)21-20(25)18-13-15(3)23(6-2)16(18)4/h13,17H,5-12,14H2,1-4H3,(H,21,25)/t17-/m1/s1. The van der Waals surface area contributed by atoms with Crippen LogP contribution in [0.4, 0.5) is 0 Å². The van der Waals surface area contributed by atoms with Gasteiger partial charge in [0.1, 0.15) is 0 Å². The predicted molar refractivity (Wildman–Crippen MR) is 101 cm³/mol. The average molecular weight is 348 g/mol. The van der Waals surface area contributed by atoms with Gasteiger partial charge in [-0.25, -0.2) is 0 Å². The van der Waals surface area contributed by atoms with Crippen LogP contribution in [0.1, 0.15) is 74.1 Å². The first-order valence-corrected chi connectivity index (χ1v) is 9.73. The molecule has 140 valence electrons. The van der Waals surface area contributed by atoms with Crippen LogP contribution in [-0.2, 0) is 11.3 Å². The average Bonchev–Trinajstić information content (AvgIpc) is 2.76. The molecule has 1 fully saturated rings. The zero-order chi connectivity index (χ0) is 18.4. The third-order valence-corrected chi connectivity index (χ3v) is 5.24. The summed E-state index contributed by atoms with van der Waals surface area (Å²) in [6.07, 6.45) is 5.61. The summed E-state index contributed by atoms with van der Waals surface area (Å²) in [5.41, 5.74) is 2.89. The third kappa shape index (κ3) is 4.86. The SMILES string of the molecule is CCCCC(=O)N1CCCC[C@@H](NC(=O)c2cc(C)n(CC)c2C)C1. The molecule has 1 aliphatic rings. The summed E-state index contributed by atoms with van der Waals surface area (Å²) in [5, 5.41) is 3.18. The van der Waals surface area contributed by atoms with E-state index in [-0.39, 0.29) is 17.9 Å². The summed E-state index contributed by atoms with van der Waals surface area (Å²) in [4.78, 5) is 27.1. The number of hydrogen-bond donors (Lipinski definition) is 1. The molecule has 25 heavy (non-hydrogen) atoms. The van der Waals surface area contributed by atoms with E-state index in [1.165, 1.54) is 0 Å². The van der Waals surface area contributed by atoms with Crippen molar-refractivity contribution >= 4 is 11.8 Å². The second-order valence-electron chi connectivity index (χ2n) is 7.14. The van der Waals surface area contributed by atoms with Gasteiger partial charge in [0.25, 0.3) is 5.91 Å². The van der Waals surface area contributed by atoms with Crippen LogP contribution < -0.4 is 5.32 Å². The molecule has 1 aromatic rings. The van der Waals surface area contributed by atoms with Crippen LogP contribution in [0.15, 0.2) is 6.07 Å². The van der Waals surface area contributed by atoms with Gasteiger partial charge in [-0.1, -0.05) is 13.3 Å². The molecule has 1 aliphatic heterocycles. The lowest BCUT2D eigenvalue weighted by Crippen LogP contribution is -2.44. The Morgan fingerprint density at radius 1 is 1.24 bits per heavy atom. The molecule has 5 heteroatoms. The number of nitrogens with zero attached hydrogens (tertiary/aromatic N) is 2. The van der Waals surface area contributed by atoms with Gasteiger partial charge < -0.3 is 14.8 Å². The van der Waals surface area contributed by atoms with Crippen LogP contribution in [0.2, 0.25) is 0 Å². The Kier molecular flexibility index (Phi) is 7.09. The molecule has 2 heterocycles. The monoisotopic (exact) mass is 347 g/mol. The van der Waals surface area contributed by atoms with Gasteiger partial charge in [-0.15, -0.1) is 0 Å². The molecular weight excluding hydrogens is 314 g/mol. The minimum atomic E-state index is -0.0133. The van der Waals surface area contributed by atoms with E-state index in [4.69, 9.17) is 0 Å². The second kappa shape index (κ2) is 9.07. The number of aryl methyl sites for hydroxylation is 1. The number of hydrogen-bond acceptors (Lipinski definition) is 2. The first-order chi connectivity index (χ1) is 12.0. The van der Waals surface area contributed by atoms with Gasteiger partial charge in [0.05, 0.1) is 5.56 Å². The molecule has 2 amide bonds. The van der Waals surface area contributed by atoms with Crippen LogP contribution in [-0.4, -0.2) is 40.4 Å². The molecular formula is C20H33N3O2. The molecule has 0 spiro atoms. The first-order valence-electron chi connectivity index (χ1n) is 9.73. The zero-order valence-corrected chi connectivity index (χ0v) is 16.2. The highest BCUT2D eigenvalue weighted by Gasteiger charge is 2.24. The highest BCUT2D eigenvalue weighted by atomic mass is 16.2. The third-order valence-electron chi connectivity index (χ3n) is 5.24. The Morgan fingerprint density at radius 3 is 2.64 bits per heavy atom. The summed E-state index contributed by atoms with van der Waals surface area (Å²) >= 11 is 0. The molecule has 1 atom stereocenters. The van der Waals surface area contributed by atoms with Crippen molar-refractivity contribution < 1.29 is 9.59 Å². The van der Waals surface area contributed by atoms with E-state index in [1.807, 2.05) is 24.8 Å². The second-order valence-corrected chi connectivity index (χ2v) is 7.14. The molecule has 1 saturated heterocycles. The van der Waals surface area contributed by atoms with Gasteiger partial charge in [0.2, 0.25) is 5.91 Å². The summed E-state index contributed by atoms with van der Waals surface area (Å²) in [6.45, 7) is 10.6. The van der Waals surface area contributed by atoms with Crippen molar-refractivity contribution in [2.45, 2.75) is 78.8 Å². The van der Waals surface area contributed by atoms with E-state index in [9.17, 15) is 9.59 Å². The number of carbonyl (C=O) groups excluding carboxylic acids is 2. The topological polar surface area (TPSA) is 54.3 Å². The maximum Gasteiger partial charge on any atom is 0.253 e. The molecule has 0 saturated carbocycles. The van der Waals surface area contributed by atoms with E-state index in [0.29, 0.717) is 13.0 Å². The normalized spacial score (nSPS) is 18.1. The molecule has 0 unspecified atom stereocenters. The van der Waals surface area contributed by atoms with Crippen molar-refractivity contribution in [1.82, 2.24) is 14.8 Å². The van der Waals surface area contributed by atoms with Crippen LogP contribution in [0.5, 0.6) is 0 Å². The van der Waals surface area contributed by atoms with Crippen molar-refractivity contribution in [2.75, 3.05) is 13.1 Å². The Hall–Kier alpha value is -1.78. The molecule has 1 aromatic heterocycles. The van der Waals surface area contributed by atoms with E-state index < -0.39 is 0 Å². The van der Waals surface area contributed by atoms with Gasteiger partial charge in [0.15, 0.2) is 0 Å². The maximum absolute atomic E-state index is 12.7. The summed E-state index contributed by atoms with van der Waals surface area (Å²) in [5.74, 6) is 0.216. The van der Waals surface area contributed by atoms with Crippen molar-refractivity contribution in [3.8, 4) is 0 Å². The molecule has 0 aromatic carbocycles. The Bertz CT molecular complexity index is 606. The highest BCUT2D eigenvalue weighted by molar-refractivity contribution is 5.96. The lowest BCUT2D eigenvalue weighted by Gasteiger charge is -2.25. The molecule has 1 N–H and O–H groups in total. The van der Waals surface area contributed by atoms with Crippen LogP contribution >= 0.6 is 0 Å². The largest absolute Gasteiger partial charge is 0.349 e. The minimum Gasteiger partial charge on any atom is -0.349 e. The quantitative estimate of drug-likeness (QED) is 0.857. The predicted octanol–water partition coefficient (Wildman–Crippen LogP) is 3.43. The van der Waals surface area contributed by atoms with Gasteiger partial charge in [0, 0.05) is 43.5 Å². The Labute approximate surface area is 151 Å². The molecule has 2 rings (SSSR count). The fraction of sp³-hybridized carbons (Fsp3) is 0.700. The number of likely N-dealkylation sites (tertiary alicyclic amines) is 1. The lowest BCUT2D eigenvalue weighted by molar-refractivity contribution is -0.131. The minimum absolute atomic E-state index is 0.0133. The van der Waals surface area contributed by atoms with E-state index in [0.717, 1.165) is 62.1 Å². The number of rotatable bonds is 6. The molecule has 0 aliphatic carbocycles. The van der Waals surface area contributed by atoms with Gasteiger partial charge in [-0.05, 0) is 52.5 Å². The number of nitrogens with one attached hydrogen (secondary N) is 1. The Balaban J connectivity index is 2.02. The fourth-order valence-electron chi connectivity index (χ4n) is 3.75. The van der Waals surface area contributed by atoms with Crippen LogP contribution in [0.3, 0.4) is 0 Å². The van der Waals surface area contributed by atoms with Crippen LogP contribution in [0.25, 0.3) is 0 Å². The van der Waals surface area contributed by atoms with Crippen LogP contribution in [0, 0.1) is 13.8 Å². The van der Waals surface area contributed by atoms with Crippen molar-refractivity contribution in [3.05, 3.63) is 23.0 Å². The summed E-state index contributed by atoms with van der Waals surface area (Å²) in [6, 6.07) is 2.01. The van der Waals surface area contributed by atoms with E-state index in [2.05, 4.69) is 23.7 Å². The number of unbranched alkanes of at least 4 members (excludes halogenated alkanes) is 1. The van der Waals surface area contributed by atoms with E-state index in [1.54, 1.807) is 0 Å². The van der Waals surface area contributed by atoms with Gasteiger partial charge in [-0.3, -0.25) is 9.59 Å². The van der Waals surface area contributed by atoms with Crippen molar-refractivity contribution in [1.29, 1.82) is 0 Å². The number of aromatic nitrogens is 1. The maximum atomic E-state index is 12.7. The number of carbonyl (C=O) groups is 2. The Morgan fingerprint density at radius 2 is 2.00 bits per heavy atom. The fourth-order valence-corrected chi connectivity index (χ4v) is 3.75. The molecule has 0 bridgehead atoms. The van der Waals surface area contributed by atoms with Crippen molar-refractivity contribution in [3.63, 3.8) is 0 Å². The molecule has 5 nitrogen and oxygen atoms in total. The summed E-state index contributed by atoms with van der Waals surface area (Å²) < 4.78 is 2.16. The van der Waals surface area contributed by atoms with Gasteiger partial charge in [-0.2, -0.15) is 0 Å². The molecule has 0 radical (unpaired) electrons. The zero-order valence-electron chi connectivity index (χ0n) is 16.2. The highest BCUT2D eigenvalue weighted by Crippen LogP contribution is 2.17. The van der Waals surface area contributed by atoms with Crippen molar-refractivity contribution in [2.24, 2.45) is 0 Å².